The normalized spacial score (nSPS) is 10.3. The van der Waals surface area contributed by atoms with Gasteiger partial charge in [-0.15, -0.1) is 0 Å². The molecular weight excluding hydrogens is 318 g/mol. The van der Waals surface area contributed by atoms with Gasteiger partial charge in [0.1, 0.15) is 0 Å². The number of amides is 1. The molecule has 0 aliphatic heterocycles. The van der Waals surface area contributed by atoms with Crippen LogP contribution in [0.4, 0.5) is 10.5 Å². The number of halogens is 1. The largest absolute Gasteiger partial charge is 0.465 e. The molecule has 0 saturated heterocycles. The second kappa shape index (κ2) is 6.57. The van der Waals surface area contributed by atoms with Crippen molar-refractivity contribution in [2.45, 2.75) is 19.9 Å². The lowest BCUT2D eigenvalue weighted by molar-refractivity contribution is 0.201. The molecule has 4 heteroatoms. The fraction of sp³-hybridized carbons (Fsp3) is 0.188. The predicted molar refractivity (Wildman–Crippen MR) is 84.2 cm³/mol. The number of aryl methyl sites for hydroxylation is 1. The van der Waals surface area contributed by atoms with Crippen molar-refractivity contribution in [2.75, 3.05) is 4.90 Å². The number of carbonyl (C=O) groups is 1. The molecule has 0 saturated carbocycles. The molecule has 20 heavy (non-hydrogen) atoms. The van der Waals surface area contributed by atoms with Crippen molar-refractivity contribution >= 4 is 27.7 Å². The van der Waals surface area contributed by atoms with Crippen LogP contribution in [0.3, 0.4) is 0 Å². The maximum atomic E-state index is 11.6. The highest BCUT2D eigenvalue weighted by Crippen LogP contribution is 2.26. The third kappa shape index (κ3) is 3.39. The minimum Gasteiger partial charge on any atom is -0.465 e. The lowest BCUT2D eigenvalue weighted by Gasteiger charge is -2.22. The maximum Gasteiger partial charge on any atom is 0.412 e. The lowest BCUT2D eigenvalue weighted by atomic mass is 10.1. The van der Waals surface area contributed by atoms with Gasteiger partial charge in [-0.3, -0.25) is 4.90 Å². The topological polar surface area (TPSA) is 40.5 Å². The number of anilines is 1. The van der Waals surface area contributed by atoms with Crippen LogP contribution in [-0.4, -0.2) is 11.2 Å². The first kappa shape index (κ1) is 14.6. The molecule has 3 nitrogen and oxygen atoms in total. The summed E-state index contributed by atoms with van der Waals surface area (Å²) in [4.78, 5) is 13.0. The molecule has 0 spiro atoms. The highest BCUT2D eigenvalue weighted by molar-refractivity contribution is 9.10. The Balaban J connectivity index is 2.36. The van der Waals surface area contributed by atoms with E-state index in [1.807, 2.05) is 55.5 Å². The summed E-state index contributed by atoms with van der Waals surface area (Å²) < 4.78 is 0.961. The zero-order valence-electron chi connectivity index (χ0n) is 11.2. The Hall–Kier alpha value is -1.81. The number of benzene rings is 2. The van der Waals surface area contributed by atoms with Crippen molar-refractivity contribution in [3.05, 3.63) is 64.1 Å². The van der Waals surface area contributed by atoms with E-state index >= 15 is 0 Å². The number of hydrogen-bond acceptors (Lipinski definition) is 1. The van der Waals surface area contributed by atoms with Crippen LogP contribution >= 0.6 is 15.9 Å². The van der Waals surface area contributed by atoms with Crippen molar-refractivity contribution in [3.8, 4) is 0 Å². The smallest absolute Gasteiger partial charge is 0.412 e. The average molecular weight is 334 g/mol. The predicted octanol–water partition coefficient (Wildman–Crippen LogP) is 4.70. The zero-order chi connectivity index (χ0) is 14.5. The summed E-state index contributed by atoms with van der Waals surface area (Å²) in [5.41, 5.74) is 2.73. The fourth-order valence-electron chi connectivity index (χ4n) is 2.12. The zero-order valence-corrected chi connectivity index (χ0v) is 12.8. The molecule has 104 valence electrons. The Bertz CT molecular complexity index is 599. The van der Waals surface area contributed by atoms with Gasteiger partial charge in [-0.05, 0) is 35.7 Å². The van der Waals surface area contributed by atoms with Gasteiger partial charge >= 0.3 is 6.09 Å². The standard InChI is InChI=1S/C16H16BrNO2/c1-2-13-10-14(17)8-9-15(13)18(16(19)20)11-12-6-4-3-5-7-12/h3-10H,2,11H2,1H3,(H,19,20). The van der Waals surface area contributed by atoms with Crippen LogP contribution in [0.15, 0.2) is 53.0 Å². The van der Waals surface area contributed by atoms with Gasteiger partial charge in [0, 0.05) is 4.47 Å². The molecule has 1 amide bonds. The summed E-state index contributed by atoms with van der Waals surface area (Å²) in [6, 6.07) is 15.3. The monoisotopic (exact) mass is 333 g/mol. The molecule has 0 unspecified atom stereocenters. The minimum absolute atomic E-state index is 0.352. The van der Waals surface area contributed by atoms with Crippen molar-refractivity contribution in [3.63, 3.8) is 0 Å². The molecule has 0 aliphatic carbocycles. The van der Waals surface area contributed by atoms with Crippen LogP contribution in [0.2, 0.25) is 0 Å². The summed E-state index contributed by atoms with van der Waals surface area (Å²) in [5, 5.41) is 9.49. The summed E-state index contributed by atoms with van der Waals surface area (Å²) in [5.74, 6) is 0. The van der Waals surface area contributed by atoms with Crippen molar-refractivity contribution < 1.29 is 9.90 Å². The van der Waals surface area contributed by atoms with Crippen molar-refractivity contribution in [1.82, 2.24) is 0 Å². The van der Waals surface area contributed by atoms with Gasteiger partial charge in [0.05, 0.1) is 12.2 Å². The van der Waals surface area contributed by atoms with Gasteiger partial charge in [-0.1, -0.05) is 53.2 Å². The summed E-state index contributed by atoms with van der Waals surface area (Å²) in [6.07, 6.45) is -0.154. The maximum absolute atomic E-state index is 11.6. The summed E-state index contributed by atoms with van der Waals surface area (Å²) >= 11 is 3.42. The van der Waals surface area contributed by atoms with Crippen LogP contribution in [0, 0.1) is 0 Å². The van der Waals surface area contributed by atoms with Gasteiger partial charge in [0.15, 0.2) is 0 Å². The van der Waals surface area contributed by atoms with E-state index in [1.165, 1.54) is 4.90 Å². The van der Waals surface area contributed by atoms with E-state index in [0.29, 0.717) is 6.54 Å². The van der Waals surface area contributed by atoms with Crippen LogP contribution in [0.1, 0.15) is 18.1 Å². The van der Waals surface area contributed by atoms with Crippen LogP contribution in [0.25, 0.3) is 0 Å². The van der Waals surface area contributed by atoms with Gasteiger partial charge in [-0.2, -0.15) is 0 Å². The first-order valence-electron chi connectivity index (χ1n) is 6.44. The Morgan fingerprint density at radius 2 is 1.90 bits per heavy atom. The molecular formula is C16H16BrNO2. The fourth-order valence-corrected chi connectivity index (χ4v) is 2.53. The molecule has 0 heterocycles. The van der Waals surface area contributed by atoms with E-state index in [9.17, 15) is 9.90 Å². The second-order valence-corrected chi connectivity index (χ2v) is 5.40. The molecule has 2 aromatic carbocycles. The lowest BCUT2D eigenvalue weighted by Crippen LogP contribution is -2.29. The Morgan fingerprint density at radius 1 is 1.20 bits per heavy atom. The van der Waals surface area contributed by atoms with Gasteiger partial charge in [0.2, 0.25) is 0 Å². The van der Waals surface area contributed by atoms with Crippen molar-refractivity contribution in [2.24, 2.45) is 0 Å². The molecule has 0 atom stereocenters. The van der Waals surface area contributed by atoms with Crippen LogP contribution in [-0.2, 0) is 13.0 Å². The third-order valence-electron chi connectivity index (χ3n) is 3.13. The van der Waals surface area contributed by atoms with Crippen molar-refractivity contribution in [1.29, 1.82) is 0 Å². The van der Waals surface area contributed by atoms with E-state index in [2.05, 4.69) is 15.9 Å². The highest BCUT2D eigenvalue weighted by atomic mass is 79.9. The van der Waals surface area contributed by atoms with Gasteiger partial charge < -0.3 is 5.11 Å². The highest BCUT2D eigenvalue weighted by Gasteiger charge is 2.17. The number of carboxylic acid groups (broad SMARTS) is 1. The van der Waals surface area contributed by atoms with Crippen LogP contribution < -0.4 is 4.90 Å². The molecule has 0 aromatic heterocycles. The minimum atomic E-state index is -0.939. The van der Waals surface area contributed by atoms with Gasteiger partial charge in [0.25, 0.3) is 0 Å². The summed E-state index contributed by atoms with van der Waals surface area (Å²) in [7, 11) is 0. The number of hydrogen-bond donors (Lipinski definition) is 1. The molecule has 0 aliphatic rings. The Morgan fingerprint density at radius 3 is 2.50 bits per heavy atom. The quantitative estimate of drug-likeness (QED) is 0.881. The molecule has 0 radical (unpaired) electrons. The van der Waals surface area contributed by atoms with E-state index < -0.39 is 6.09 Å². The van der Waals surface area contributed by atoms with E-state index in [4.69, 9.17) is 0 Å². The first-order chi connectivity index (χ1) is 9.61. The first-order valence-corrected chi connectivity index (χ1v) is 7.24. The second-order valence-electron chi connectivity index (χ2n) is 4.48. The Labute approximate surface area is 127 Å². The Kier molecular flexibility index (Phi) is 4.79. The van der Waals surface area contributed by atoms with E-state index in [-0.39, 0.29) is 0 Å². The molecule has 1 N–H and O–H groups in total. The third-order valence-corrected chi connectivity index (χ3v) is 3.62. The van der Waals surface area contributed by atoms with Gasteiger partial charge in [-0.25, -0.2) is 4.79 Å². The summed E-state index contributed by atoms with van der Waals surface area (Å²) in [6.45, 7) is 2.37. The average Bonchev–Trinajstić information content (AvgIpc) is 2.46. The molecule has 0 fully saturated rings. The molecule has 2 aromatic rings. The van der Waals surface area contributed by atoms with E-state index in [1.54, 1.807) is 0 Å². The SMILES string of the molecule is CCc1cc(Br)ccc1N(Cc1ccccc1)C(=O)O. The van der Waals surface area contributed by atoms with E-state index in [0.717, 1.165) is 27.7 Å². The number of nitrogens with zero attached hydrogens (tertiary/aromatic N) is 1. The number of rotatable bonds is 4. The van der Waals surface area contributed by atoms with Crippen LogP contribution in [0.5, 0.6) is 0 Å². The molecule has 2 rings (SSSR count). The molecule has 0 bridgehead atoms.